The Bertz CT molecular complexity index is 488. The summed E-state index contributed by atoms with van der Waals surface area (Å²) in [6.45, 7) is 0. The van der Waals surface area contributed by atoms with Crippen LogP contribution in [0.2, 0.25) is 5.02 Å². The fraction of sp³-hybridized carbons (Fsp3) is 0.0833. The van der Waals surface area contributed by atoms with Crippen LogP contribution in [0.1, 0.15) is 0 Å². The molecule has 0 radical (unpaired) electrons. The maximum Gasteiger partial charge on any atom is 0.139 e. The number of anilines is 2. The topological polar surface area (TPSA) is 36.4 Å². The van der Waals surface area contributed by atoms with Crippen molar-refractivity contribution in [3.8, 4) is 5.75 Å². The monoisotopic (exact) mass is 234 g/mol. The van der Waals surface area contributed by atoms with Gasteiger partial charge < -0.3 is 10.0 Å². The highest BCUT2D eigenvalue weighted by Gasteiger charge is 2.09. The molecule has 82 valence electrons. The quantitative estimate of drug-likeness (QED) is 0.867. The molecule has 2 aromatic rings. The Balaban J connectivity index is 2.41. The van der Waals surface area contributed by atoms with Crippen LogP contribution in [0.25, 0.3) is 0 Å². The minimum atomic E-state index is 0.191. The average molecular weight is 235 g/mol. The standard InChI is InChI=1S/C12H11ClN2O/c1-15(10-3-2-6-14-8-10)11-7-9(13)4-5-12(11)16/h2-8,16H,1H3. The summed E-state index contributed by atoms with van der Waals surface area (Å²) in [6.07, 6.45) is 3.43. The second-order valence-electron chi connectivity index (χ2n) is 3.40. The van der Waals surface area contributed by atoms with E-state index >= 15 is 0 Å². The first kappa shape index (κ1) is 10.8. The third-order valence-electron chi connectivity index (χ3n) is 2.33. The van der Waals surface area contributed by atoms with Crippen molar-refractivity contribution < 1.29 is 5.11 Å². The van der Waals surface area contributed by atoms with E-state index < -0.39 is 0 Å². The maximum atomic E-state index is 9.75. The van der Waals surface area contributed by atoms with Crippen LogP contribution in [0, 0.1) is 0 Å². The first-order chi connectivity index (χ1) is 7.68. The van der Waals surface area contributed by atoms with Crippen molar-refractivity contribution in [2.45, 2.75) is 0 Å². The van der Waals surface area contributed by atoms with E-state index in [1.165, 1.54) is 0 Å². The number of phenolic OH excluding ortho intramolecular Hbond substituents is 1. The van der Waals surface area contributed by atoms with Crippen LogP contribution in [-0.4, -0.2) is 17.1 Å². The van der Waals surface area contributed by atoms with Crippen molar-refractivity contribution >= 4 is 23.0 Å². The SMILES string of the molecule is CN(c1cccnc1)c1cc(Cl)ccc1O. The number of benzene rings is 1. The van der Waals surface area contributed by atoms with Gasteiger partial charge in [-0.3, -0.25) is 4.98 Å². The van der Waals surface area contributed by atoms with Crippen molar-refractivity contribution in [2.75, 3.05) is 11.9 Å². The van der Waals surface area contributed by atoms with E-state index in [9.17, 15) is 5.11 Å². The Labute approximate surface area is 98.9 Å². The summed E-state index contributed by atoms with van der Waals surface area (Å²) >= 11 is 5.89. The lowest BCUT2D eigenvalue weighted by molar-refractivity contribution is 0.476. The van der Waals surface area contributed by atoms with E-state index in [-0.39, 0.29) is 5.75 Å². The summed E-state index contributed by atoms with van der Waals surface area (Å²) < 4.78 is 0. The summed E-state index contributed by atoms with van der Waals surface area (Å²) in [5.41, 5.74) is 1.54. The Hall–Kier alpha value is -1.74. The van der Waals surface area contributed by atoms with Crippen LogP contribution < -0.4 is 4.90 Å². The summed E-state index contributed by atoms with van der Waals surface area (Å²) in [5, 5.41) is 10.3. The second-order valence-corrected chi connectivity index (χ2v) is 3.84. The fourth-order valence-corrected chi connectivity index (χ4v) is 1.62. The molecule has 1 N–H and O–H groups in total. The number of phenols is 1. The third kappa shape index (κ3) is 2.09. The summed E-state index contributed by atoms with van der Waals surface area (Å²) in [6, 6.07) is 8.69. The van der Waals surface area contributed by atoms with Crippen LogP contribution >= 0.6 is 11.6 Å². The number of aromatic nitrogens is 1. The molecule has 16 heavy (non-hydrogen) atoms. The highest BCUT2D eigenvalue weighted by molar-refractivity contribution is 6.31. The fourth-order valence-electron chi connectivity index (χ4n) is 1.46. The van der Waals surface area contributed by atoms with E-state index in [0.717, 1.165) is 5.69 Å². The van der Waals surface area contributed by atoms with E-state index in [1.54, 1.807) is 30.6 Å². The summed E-state index contributed by atoms with van der Waals surface area (Å²) in [7, 11) is 1.85. The number of aromatic hydroxyl groups is 1. The van der Waals surface area contributed by atoms with Gasteiger partial charge in [-0.05, 0) is 30.3 Å². The van der Waals surface area contributed by atoms with Gasteiger partial charge in [-0.25, -0.2) is 0 Å². The molecule has 0 aliphatic heterocycles. The predicted molar refractivity (Wildman–Crippen MR) is 65.4 cm³/mol. The molecular formula is C12H11ClN2O. The molecule has 1 heterocycles. The van der Waals surface area contributed by atoms with Crippen molar-refractivity contribution in [3.63, 3.8) is 0 Å². The molecule has 0 spiro atoms. The molecule has 0 amide bonds. The van der Waals surface area contributed by atoms with Gasteiger partial charge >= 0.3 is 0 Å². The van der Waals surface area contributed by atoms with Gasteiger partial charge in [0.1, 0.15) is 5.75 Å². The van der Waals surface area contributed by atoms with Gasteiger partial charge in [0.25, 0.3) is 0 Å². The maximum absolute atomic E-state index is 9.75. The number of pyridine rings is 1. The van der Waals surface area contributed by atoms with Crippen molar-refractivity contribution in [2.24, 2.45) is 0 Å². The van der Waals surface area contributed by atoms with Crippen LogP contribution in [0.15, 0.2) is 42.7 Å². The lowest BCUT2D eigenvalue weighted by Crippen LogP contribution is -2.09. The molecule has 1 aromatic carbocycles. The van der Waals surface area contributed by atoms with E-state index in [2.05, 4.69) is 4.98 Å². The van der Waals surface area contributed by atoms with Crippen LogP contribution in [0.3, 0.4) is 0 Å². The van der Waals surface area contributed by atoms with Crippen molar-refractivity contribution in [1.29, 1.82) is 0 Å². The molecule has 0 unspecified atom stereocenters. The molecule has 0 atom stereocenters. The minimum Gasteiger partial charge on any atom is -0.506 e. The van der Waals surface area contributed by atoms with Crippen LogP contribution in [0.4, 0.5) is 11.4 Å². The Kier molecular flexibility index (Phi) is 2.97. The number of hydrogen-bond donors (Lipinski definition) is 1. The summed E-state index contributed by atoms with van der Waals surface area (Å²) in [5.74, 6) is 0.191. The molecule has 0 fully saturated rings. The lowest BCUT2D eigenvalue weighted by atomic mass is 10.2. The molecule has 0 aliphatic carbocycles. The smallest absolute Gasteiger partial charge is 0.139 e. The molecule has 0 saturated carbocycles. The van der Waals surface area contributed by atoms with Gasteiger partial charge in [0.15, 0.2) is 0 Å². The highest BCUT2D eigenvalue weighted by Crippen LogP contribution is 2.33. The molecule has 0 aliphatic rings. The second kappa shape index (κ2) is 4.41. The van der Waals surface area contributed by atoms with Crippen molar-refractivity contribution in [1.82, 2.24) is 4.98 Å². The minimum absolute atomic E-state index is 0.191. The number of hydrogen-bond acceptors (Lipinski definition) is 3. The Morgan fingerprint density at radius 2 is 2.12 bits per heavy atom. The van der Waals surface area contributed by atoms with E-state index in [0.29, 0.717) is 10.7 Å². The third-order valence-corrected chi connectivity index (χ3v) is 2.57. The first-order valence-corrected chi connectivity index (χ1v) is 5.18. The highest BCUT2D eigenvalue weighted by atomic mass is 35.5. The van der Waals surface area contributed by atoms with Crippen LogP contribution in [-0.2, 0) is 0 Å². The molecular weight excluding hydrogens is 224 g/mol. The van der Waals surface area contributed by atoms with Gasteiger partial charge in [-0.1, -0.05) is 11.6 Å². The zero-order valence-corrected chi connectivity index (χ0v) is 9.52. The molecule has 0 bridgehead atoms. The largest absolute Gasteiger partial charge is 0.506 e. The molecule has 4 heteroatoms. The molecule has 2 rings (SSSR count). The first-order valence-electron chi connectivity index (χ1n) is 4.81. The molecule has 3 nitrogen and oxygen atoms in total. The lowest BCUT2D eigenvalue weighted by Gasteiger charge is -2.20. The van der Waals surface area contributed by atoms with Gasteiger partial charge in [-0.2, -0.15) is 0 Å². The number of nitrogens with zero attached hydrogens (tertiary/aromatic N) is 2. The Morgan fingerprint density at radius 1 is 1.31 bits per heavy atom. The molecule has 1 aromatic heterocycles. The van der Waals surface area contributed by atoms with Gasteiger partial charge in [0.05, 0.1) is 17.6 Å². The van der Waals surface area contributed by atoms with E-state index in [4.69, 9.17) is 11.6 Å². The number of rotatable bonds is 2. The van der Waals surface area contributed by atoms with Crippen LogP contribution in [0.5, 0.6) is 5.75 Å². The average Bonchev–Trinajstić information content (AvgIpc) is 2.32. The van der Waals surface area contributed by atoms with Crippen molar-refractivity contribution in [3.05, 3.63) is 47.7 Å². The summed E-state index contributed by atoms with van der Waals surface area (Å²) in [4.78, 5) is 5.85. The Morgan fingerprint density at radius 3 is 2.81 bits per heavy atom. The zero-order valence-electron chi connectivity index (χ0n) is 8.76. The van der Waals surface area contributed by atoms with Gasteiger partial charge in [0, 0.05) is 18.3 Å². The molecule has 0 saturated heterocycles. The zero-order chi connectivity index (χ0) is 11.5. The van der Waals surface area contributed by atoms with Gasteiger partial charge in [-0.15, -0.1) is 0 Å². The number of halogens is 1. The van der Waals surface area contributed by atoms with E-state index in [1.807, 2.05) is 24.1 Å². The van der Waals surface area contributed by atoms with Gasteiger partial charge in [0.2, 0.25) is 0 Å². The predicted octanol–water partition coefficient (Wildman–Crippen LogP) is 3.21. The normalized spacial score (nSPS) is 10.1.